The molecule has 0 aliphatic rings. The summed E-state index contributed by atoms with van der Waals surface area (Å²) in [4.78, 5) is 32.3. The summed E-state index contributed by atoms with van der Waals surface area (Å²) in [7, 11) is 0. The minimum absolute atomic E-state index is 0.136. The average molecular weight is 455 g/mol. The molecule has 0 bridgehead atoms. The van der Waals surface area contributed by atoms with Gasteiger partial charge in [-0.15, -0.1) is 0 Å². The van der Waals surface area contributed by atoms with Crippen LogP contribution in [0, 0.1) is 0 Å². The highest BCUT2D eigenvalue weighted by Crippen LogP contribution is 2.10. The van der Waals surface area contributed by atoms with Crippen molar-refractivity contribution in [2.45, 2.75) is 136 Å². The summed E-state index contributed by atoms with van der Waals surface area (Å²) in [5.41, 5.74) is 0. The second kappa shape index (κ2) is 24.4. The fraction of sp³-hybridized carbons (Fsp3) is 0.852. The SMILES string of the molecule is CCCCCCCCC=CCCCCCCCCOCCCC(=O)CC(=O)OOC(C)C. The van der Waals surface area contributed by atoms with E-state index < -0.39 is 5.97 Å². The summed E-state index contributed by atoms with van der Waals surface area (Å²) in [6.07, 6.45) is 23.5. The lowest BCUT2D eigenvalue weighted by atomic mass is 10.1. The van der Waals surface area contributed by atoms with Crippen molar-refractivity contribution in [1.82, 2.24) is 0 Å². The Labute approximate surface area is 197 Å². The molecule has 0 spiro atoms. The van der Waals surface area contributed by atoms with Gasteiger partial charge in [0.25, 0.3) is 0 Å². The second-order valence-electron chi connectivity index (χ2n) is 8.97. The van der Waals surface area contributed by atoms with Crippen LogP contribution in [-0.2, 0) is 24.1 Å². The first-order valence-electron chi connectivity index (χ1n) is 13.2. The number of carbonyl (C=O) groups is 2. The van der Waals surface area contributed by atoms with Crippen LogP contribution in [0.3, 0.4) is 0 Å². The molecule has 0 N–H and O–H groups in total. The molecule has 0 amide bonds. The monoisotopic (exact) mass is 454 g/mol. The van der Waals surface area contributed by atoms with Gasteiger partial charge in [0.05, 0.1) is 6.10 Å². The van der Waals surface area contributed by atoms with Crippen molar-refractivity contribution in [1.29, 1.82) is 0 Å². The predicted molar refractivity (Wildman–Crippen MR) is 131 cm³/mol. The van der Waals surface area contributed by atoms with E-state index in [1.807, 2.05) is 0 Å². The van der Waals surface area contributed by atoms with E-state index in [4.69, 9.17) is 9.62 Å². The highest BCUT2D eigenvalue weighted by Gasteiger charge is 2.12. The summed E-state index contributed by atoms with van der Waals surface area (Å²) >= 11 is 0. The number of unbranched alkanes of at least 4 members (excludes halogenated alkanes) is 12. The molecule has 0 aromatic rings. The number of hydrogen-bond acceptors (Lipinski definition) is 5. The lowest BCUT2D eigenvalue weighted by molar-refractivity contribution is -0.290. The van der Waals surface area contributed by atoms with Crippen LogP contribution in [0.4, 0.5) is 0 Å². The summed E-state index contributed by atoms with van der Waals surface area (Å²) in [5, 5.41) is 0. The van der Waals surface area contributed by atoms with Gasteiger partial charge in [0.2, 0.25) is 0 Å². The number of carbonyl (C=O) groups excluding carboxylic acids is 2. The van der Waals surface area contributed by atoms with Crippen molar-refractivity contribution in [3.63, 3.8) is 0 Å². The Kier molecular flexibility index (Phi) is 23.5. The van der Waals surface area contributed by atoms with Gasteiger partial charge in [-0.2, -0.15) is 4.89 Å². The van der Waals surface area contributed by atoms with E-state index in [2.05, 4.69) is 24.0 Å². The number of allylic oxidation sites excluding steroid dienone is 2. The molecule has 0 aromatic carbocycles. The number of ether oxygens (including phenoxy) is 1. The van der Waals surface area contributed by atoms with Crippen molar-refractivity contribution in [3.05, 3.63) is 12.2 Å². The lowest BCUT2D eigenvalue weighted by Crippen LogP contribution is -2.14. The molecule has 0 atom stereocenters. The molecule has 0 aliphatic heterocycles. The molecule has 0 aliphatic carbocycles. The third-order valence-corrected chi connectivity index (χ3v) is 5.22. The van der Waals surface area contributed by atoms with Crippen LogP contribution in [0.1, 0.15) is 130 Å². The Morgan fingerprint density at radius 2 is 1.25 bits per heavy atom. The highest BCUT2D eigenvalue weighted by atomic mass is 17.2. The van der Waals surface area contributed by atoms with E-state index in [1.54, 1.807) is 13.8 Å². The lowest BCUT2D eigenvalue weighted by Gasteiger charge is -2.06. The van der Waals surface area contributed by atoms with Crippen LogP contribution >= 0.6 is 0 Å². The van der Waals surface area contributed by atoms with Crippen molar-refractivity contribution in [2.24, 2.45) is 0 Å². The van der Waals surface area contributed by atoms with Crippen molar-refractivity contribution in [2.75, 3.05) is 13.2 Å². The van der Waals surface area contributed by atoms with E-state index >= 15 is 0 Å². The zero-order chi connectivity index (χ0) is 23.7. The largest absolute Gasteiger partial charge is 0.381 e. The Bertz CT molecular complexity index is 459. The van der Waals surface area contributed by atoms with E-state index in [-0.39, 0.29) is 18.3 Å². The first kappa shape index (κ1) is 30.8. The highest BCUT2D eigenvalue weighted by molar-refractivity contribution is 5.95. The van der Waals surface area contributed by atoms with E-state index in [0.717, 1.165) is 13.0 Å². The number of Topliss-reactive ketones (excluding diaryl/α,β-unsaturated/α-hetero) is 1. The first-order valence-corrected chi connectivity index (χ1v) is 13.2. The second-order valence-corrected chi connectivity index (χ2v) is 8.97. The third kappa shape index (κ3) is 25.1. The van der Waals surface area contributed by atoms with Crippen molar-refractivity contribution < 1.29 is 24.1 Å². The van der Waals surface area contributed by atoms with Crippen LogP contribution in [0.25, 0.3) is 0 Å². The summed E-state index contributed by atoms with van der Waals surface area (Å²) in [5.74, 6) is -0.767. The van der Waals surface area contributed by atoms with Crippen LogP contribution in [0.5, 0.6) is 0 Å². The molecule has 0 heterocycles. The zero-order valence-electron chi connectivity index (χ0n) is 21.2. The number of hydrogen-bond donors (Lipinski definition) is 0. The van der Waals surface area contributed by atoms with E-state index in [0.29, 0.717) is 19.4 Å². The van der Waals surface area contributed by atoms with Gasteiger partial charge in [-0.3, -0.25) is 9.68 Å². The maximum absolute atomic E-state index is 11.7. The number of rotatable bonds is 24. The smallest absolute Gasteiger partial charge is 0.349 e. The molecule has 0 rings (SSSR count). The quantitative estimate of drug-likeness (QED) is 0.0492. The van der Waals surface area contributed by atoms with Gasteiger partial charge in [-0.05, 0) is 52.4 Å². The summed E-state index contributed by atoms with van der Waals surface area (Å²) < 4.78 is 5.58. The van der Waals surface area contributed by atoms with Gasteiger partial charge in [-0.25, -0.2) is 4.79 Å². The Morgan fingerprint density at radius 3 is 1.84 bits per heavy atom. The van der Waals surface area contributed by atoms with E-state index in [1.165, 1.54) is 83.5 Å². The molecule has 5 heteroatoms. The molecule has 0 saturated heterocycles. The number of ketones is 1. The fourth-order valence-electron chi connectivity index (χ4n) is 3.35. The molecule has 5 nitrogen and oxygen atoms in total. The molecule has 188 valence electrons. The van der Waals surface area contributed by atoms with Crippen LogP contribution in [-0.4, -0.2) is 31.1 Å². The van der Waals surface area contributed by atoms with Gasteiger partial charge < -0.3 is 4.74 Å². The minimum Gasteiger partial charge on any atom is -0.381 e. The maximum atomic E-state index is 11.7. The van der Waals surface area contributed by atoms with Gasteiger partial charge in [0.1, 0.15) is 12.2 Å². The summed E-state index contributed by atoms with van der Waals surface area (Å²) in [6.45, 7) is 7.09. The van der Waals surface area contributed by atoms with Crippen LogP contribution in [0.2, 0.25) is 0 Å². The molecule has 0 unspecified atom stereocenters. The van der Waals surface area contributed by atoms with Gasteiger partial charge in [0, 0.05) is 19.6 Å². The molecule has 0 fully saturated rings. The van der Waals surface area contributed by atoms with Gasteiger partial charge in [-0.1, -0.05) is 76.9 Å². The average Bonchev–Trinajstić information content (AvgIpc) is 2.76. The molecule has 0 aromatic heterocycles. The zero-order valence-corrected chi connectivity index (χ0v) is 21.2. The van der Waals surface area contributed by atoms with Crippen LogP contribution < -0.4 is 0 Å². The maximum Gasteiger partial charge on any atom is 0.349 e. The van der Waals surface area contributed by atoms with Gasteiger partial charge in [0.15, 0.2) is 0 Å². The van der Waals surface area contributed by atoms with Crippen molar-refractivity contribution in [3.8, 4) is 0 Å². The van der Waals surface area contributed by atoms with E-state index in [9.17, 15) is 9.59 Å². The predicted octanol–water partition coefficient (Wildman–Crippen LogP) is 7.66. The molecule has 32 heavy (non-hydrogen) atoms. The molecule has 0 saturated carbocycles. The standard InChI is InChI=1S/C27H50O5/c1-4-5-6-7-8-9-10-11-12-13-14-15-16-17-18-19-22-30-23-20-21-26(28)24-27(29)32-31-25(2)3/h11-12,25H,4-10,13-24H2,1-3H3. The Morgan fingerprint density at radius 1 is 0.719 bits per heavy atom. The van der Waals surface area contributed by atoms with Crippen LogP contribution in [0.15, 0.2) is 12.2 Å². The summed E-state index contributed by atoms with van der Waals surface area (Å²) in [6, 6.07) is 0. The normalized spacial score (nSPS) is 11.5. The first-order chi connectivity index (χ1) is 15.6. The minimum atomic E-state index is -0.631. The molecule has 0 radical (unpaired) electrons. The van der Waals surface area contributed by atoms with Crippen molar-refractivity contribution >= 4 is 11.8 Å². The molecular weight excluding hydrogens is 404 g/mol. The molecular formula is C27H50O5. The Balaban J connectivity index is 3.25. The van der Waals surface area contributed by atoms with Gasteiger partial charge >= 0.3 is 5.97 Å². The third-order valence-electron chi connectivity index (χ3n) is 5.22. The Hall–Kier alpha value is -1.20. The topological polar surface area (TPSA) is 61.8 Å². The fourth-order valence-corrected chi connectivity index (χ4v) is 3.35.